The molecule has 4 rings (SSSR count). The summed E-state index contributed by atoms with van der Waals surface area (Å²) in [6, 6.07) is 15.9. The number of carbonyl (C=O) groups excluding carboxylic acids is 2. The highest BCUT2D eigenvalue weighted by molar-refractivity contribution is 5.98. The molecule has 2 aromatic carbocycles. The summed E-state index contributed by atoms with van der Waals surface area (Å²) in [5.41, 5.74) is 3.10. The lowest BCUT2D eigenvalue weighted by molar-refractivity contribution is -0.122. The van der Waals surface area contributed by atoms with Crippen LogP contribution in [0.5, 0.6) is 5.75 Å². The number of benzene rings is 2. The zero-order valence-corrected chi connectivity index (χ0v) is 15.5. The molecule has 2 amide bonds. The molecule has 1 N–H and O–H groups in total. The number of para-hydroxylation sites is 2. The van der Waals surface area contributed by atoms with Gasteiger partial charge in [0.2, 0.25) is 5.91 Å². The second-order valence-corrected chi connectivity index (χ2v) is 7.35. The van der Waals surface area contributed by atoms with Crippen molar-refractivity contribution in [2.45, 2.75) is 32.2 Å². The van der Waals surface area contributed by atoms with Crippen molar-refractivity contribution in [2.75, 3.05) is 18.1 Å². The second-order valence-electron chi connectivity index (χ2n) is 7.35. The molecular weight excluding hydrogens is 340 g/mol. The van der Waals surface area contributed by atoms with E-state index in [4.69, 9.17) is 4.74 Å². The molecule has 1 fully saturated rings. The lowest BCUT2D eigenvalue weighted by Crippen LogP contribution is -2.41. The standard InChI is InChI=1S/C22H24N2O3/c1-15-6-8-16(9-7-15)22(17-10-11-17)23-20(25)12-13-24-18-4-2-3-5-19(18)27-14-21(24)26/h2-9,17,22H,10-14H2,1H3,(H,23,25). The smallest absolute Gasteiger partial charge is 0.265 e. The number of fused-ring (bicyclic) bond motifs is 1. The number of amides is 2. The second kappa shape index (κ2) is 7.43. The van der Waals surface area contributed by atoms with Crippen LogP contribution in [0.25, 0.3) is 0 Å². The van der Waals surface area contributed by atoms with Gasteiger partial charge in [-0.25, -0.2) is 0 Å². The van der Waals surface area contributed by atoms with E-state index in [-0.39, 0.29) is 30.9 Å². The molecule has 2 aromatic rings. The van der Waals surface area contributed by atoms with Crippen molar-refractivity contribution in [1.29, 1.82) is 0 Å². The molecule has 5 nitrogen and oxygen atoms in total. The Morgan fingerprint density at radius 2 is 1.93 bits per heavy atom. The molecule has 0 saturated heterocycles. The van der Waals surface area contributed by atoms with Crippen molar-refractivity contribution < 1.29 is 14.3 Å². The van der Waals surface area contributed by atoms with E-state index in [1.807, 2.05) is 24.3 Å². The van der Waals surface area contributed by atoms with Crippen molar-refractivity contribution in [3.8, 4) is 5.75 Å². The Morgan fingerprint density at radius 1 is 1.19 bits per heavy atom. The fraction of sp³-hybridized carbons (Fsp3) is 0.364. The van der Waals surface area contributed by atoms with Gasteiger partial charge in [-0.1, -0.05) is 42.0 Å². The van der Waals surface area contributed by atoms with Crippen LogP contribution in [-0.4, -0.2) is 25.0 Å². The summed E-state index contributed by atoms with van der Waals surface area (Å²) in [5, 5.41) is 3.18. The SMILES string of the molecule is Cc1ccc(C(NC(=O)CCN2C(=O)COc3ccccc32)C2CC2)cc1. The number of rotatable bonds is 6. The summed E-state index contributed by atoms with van der Waals surface area (Å²) in [4.78, 5) is 26.5. The number of carbonyl (C=O) groups is 2. The van der Waals surface area contributed by atoms with Crippen LogP contribution in [0.15, 0.2) is 48.5 Å². The molecular formula is C22H24N2O3. The van der Waals surface area contributed by atoms with Gasteiger partial charge in [-0.05, 0) is 43.4 Å². The van der Waals surface area contributed by atoms with Crippen LogP contribution in [0.4, 0.5) is 5.69 Å². The summed E-state index contributed by atoms with van der Waals surface area (Å²) in [6.07, 6.45) is 2.57. The highest BCUT2D eigenvalue weighted by atomic mass is 16.5. The van der Waals surface area contributed by atoms with E-state index in [2.05, 4.69) is 36.5 Å². The molecule has 1 atom stereocenters. The van der Waals surface area contributed by atoms with E-state index in [1.54, 1.807) is 4.90 Å². The average molecular weight is 364 g/mol. The van der Waals surface area contributed by atoms with Crippen LogP contribution in [0.2, 0.25) is 0 Å². The lowest BCUT2D eigenvalue weighted by Gasteiger charge is -2.29. The molecule has 0 radical (unpaired) electrons. The first-order chi connectivity index (χ1) is 13.1. The van der Waals surface area contributed by atoms with Crippen molar-refractivity contribution in [1.82, 2.24) is 5.32 Å². The number of hydrogen-bond donors (Lipinski definition) is 1. The molecule has 1 unspecified atom stereocenters. The largest absolute Gasteiger partial charge is 0.482 e. The molecule has 27 heavy (non-hydrogen) atoms. The molecule has 140 valence electrons. The van der Waals surface area contributed by atoms with Gasteiger partial charge < -0.3 is 15.0 Å². The fourth-order valence-electron chi connectivity index (χ4n) is 3.53. The summed E-state index contributed by atoms with van der Waals surface area (Å²) >= 11 is 0. The maximum Gasteiger partial charge on any atom is 0.265 e. The molecule has 2 aliphatic rings. The van der Waals surface area contributed by atoms with Crippen molar-refractivity contribution in [2.24, 2.45) is 5.92 Å². The van der Waals surface area contributed by atoms with Crippen LogP contribution < -0.4 is 15.0 Å². The number of nitrogens with one attached hydrogen (secondary N) is 1. The van der Waals surface area contributed by atoms with Gasteiger partial charge in [-0.2, -0.15) is 0 Å². The van der Waals surface area contributed by atoms with Gasteiger partial charge in [-0.15, -0.1) is 0 Å². The van der Waals surface area contributed by atoms with Crippen molar-refractivity contribution >= 4 is 17.5 Å². The van der Waals surface area contributed by atoms with Gasteiger partial charge in [0.15, 0.2) is 6.61 Å². The van der Waals surface area contributed by atoms with Gasteiger partial charge in [0, 0.05) is 13.0 Å². The molecule has 1 heterocycles. The average Bonchev–Trinajstić information content (AvgIpc) is 3.51. The van der Waals surface area contributed by atoms with E-state index in [9.17, 15) is 9.59 Å². The number of hydrogen-bond acceptors (Lipinski definition) is 3. The minimum absolute atomic E-state index is 0.0205. The summed E-state index contributed by atoms with van der Waals surface area (Å²) in [5.74, 6) is 1.07. The van der Waals surface area contributed by atoms with Crippen LogP contribution in [0.1, 0.15) is 36.4 Å². The van der Waals surface area contributed by atoms with E-state index < -0.39 is 0 Å². The van der Waals surface area contributed by atoms with Gasteiger partial charge in [0.25, 0.3) is 5.91 Å². The van der Waals surface area contributed by atoms with Gasteiger partial charge in [-0.3, -0.25) is 9.59 Å². The third kappa shape index (κ3) is 3.97. The Balaban J connectivity index is 1.40. The van der Waals surface area contributed by atoms with Crippen LogP contribution in [0, 0.1) is 12.8 Å². The van der Waals surface area contributed by atoms with E-state index in [0.717, 1.165) is 24.1 Å². The maximum absolute atomic E-state index is 12.6. The van der Waals surface area contributed by atoms with Gasteiger partial charge in [0.1, 0.15) is 5.75 Å². The monoisotopic (exact) mass is 364 g/mol. The first-order valence-electron chi connectivity index (χ1n) is 9.50. The van der Waals surface area contributed by atoms with Gasteiger partial charge in [0.05, 0.1) is 11.7 Å². The fourth-order valence-corrected chi connectivity index (χ4v) is 3.53. The topological polar surface area (TPSA) is 58.6 Å². The minimum Gasteiger partial charge on any atom is -0.482 e. The summed E-state index contributed by atoms with van der Waals surface area (Å²) in [6.45, 7) is 2.44. The van der Waals surface area contributed by atoms with E-state index >= 15 is 0 Å². The quantitative estimate of drug-likeness (QED) is 0.855. The van der Waals surface area contributed by atoms with Crippen LogP contribution in [-0.2, 0) is 9.59 Å². The lowest BCUT2D eigenvalue weighted by atomic mass is 10.0. The van der Waals surface area contributed by atoms with Crippen molar-refractivity contribution in [3.63, 3.8) is 0 Å². The van der Waals surface area contributed by atoms with E-state index in [0.29, 0.717) is 18.2 Å². The van der Waals surface area contributed by atoms with Gasteiger partial charge >= 0.3 is 0 Å². The summed E-state index contributed by atoms with van der Waals surface area (Å²) in [7, 11) is 0. The first kappa shape index (κ1) is 17.6. The third-order valence-corrected chi connectivity index (χ3v) is 5.22. The Hall–Kier alpha value is -2.82. The molecule has 1 aliphatic heterocycles. The predicted molar refractivity (Wildman–Crippen MR) is 104 cm³/mol. The molecule has 0 bridgehead atoms. The third-order valence-electron chi connectivity index (χ3n) is 5.22. The highest BCUT2D eigenvalue weighted by Gasteiger charge is 2.33. The van der Waals surface area contributed by atoms with Crippen LogP contribution in [0.3, 0.4) is 0 Å². The molecule has 0 spiro atoms. The number of nitrogens with zero attached hydrogens (tertiary/aromatic N) is 1. The minimum atomic E-state index is -0.112. The number of aryl methyl sites for hydroxylation is 1. The predicted octanol–water partition coefficient (Wildman–Crippen LogP) is 3.38. The Morgan fingerprint density at radius 3 is 2.67 bits per heavy atom. The first-order valence-corrected chi connectivity index (χ1v) is 9.50. The van der Waals surface area contributed by atoms with Crippen molar-refractivity contribution in [3.05, 3.63) is 59.7 Å². The number of anilines is 1. The molecule has 1 saturated carbocycles. The Bertz CT molecular complexity index is 843. The highest BCUT2D eigenvalue weighted by Crippen LogP contribution is 2.41. The molecule has 5 heteroatoms. The zero-order chi connectivity index (χ0) is 18.8. The van der Waals surface area contributed by atoms with Crippen LogP contribution >= 0.6 is 0 Å². The zero-order valence-electron chi connectivity index (χ0n) is 15.5. The molecule has 1 aliphatic carbocycles. The molecule has 0 aromatic heterocycles. The Labute approximate surface area is 159 Å². The number of ether oxygens (including phenoxy) is 1. The Kier molecular flexibility index (Phi) is 4.84. The maximum atomic E-state index is 12.6. The van der Waals surface area contributed by atoms with E-state index in [1.165, 1.54) is 5.56 Å². The summed E-state index contributed by atoms with van der Waals surface area (Å²) < 4.78 is 5.45. The normalized spacial score (nSPS) is 17.1.